The molecule has 0 radical (unpaired) electrons. The van der Waals surface area contributed by atoms with E-state index in [1.807, 2.05) is 0 Å². The average Bonchev–Trinajstić information content (AvgIpc) is 2.30. The van der Waals surface area contributed by atoms with Crippen molar-refractivity contribution >= 4 is 19.9 Å². The quantitative estimate of drug-likeness (QED) is 0.589. The second kappa shape index (κ2) is 6.03. The van der Waals surface area contributed by atoms with Crippen LogP contribution in [0.2, 0.25) is 12.1 Å². The highest BCUT2D eigenvalue weighted by Crippen LogP contribution is 2.31. The van der Waals surface area contributed by atoms with E-state index < -0.39 is 8.32 Å². The number of halogens is 1. The van der Waals surface area contributed by atoms with Crippen molar-refractivity contribution in [1.29, 1.82) is 0 Å². The van der Waals surface area contributed by atoms with E-state index in [1.165, 1.54) is 24.4 Å². The molecular weight excluding hydrogens is 248 g/mol. The van der Waals surface area contributed by atoms with Gasteiger partial charge in [0.1, 0.15) is 0 Å². The molecule has 2 unspecified atom stereocenters. The van der Waals surface area contributed by atoms with Crippen LogP contribution in [0.15, 0.2) is 30.3 Å². The fourth-order valence-electron chi connectivity index (χ4n) is 2.76. The first-order valence-electron chi connectivity index (χ1n) is 6.52. The molecule has 2 atom stereocenters. The van der Waals surface area contributed by atoms with Crippen LogP contribution >= 0.6 is 11.6 Å². The minimum absolute atomic E-state index is 0.239. The lowest BCUT2D eigenvalue weighted by Gasteiger charge is -2.36. The van der Waals surface area contributed by atoms with Crippen molar-refractivity contribution in [3.63, 3.8) is 0 Å². The van der Waals surface area contributed by atoms with Gasteiger partial charge in [-0.15, -0.1) is 11.6 Å². The molecule has 1 fully saturated rings. The van der Waals surface area contributed by atoms with Gasteiger partial charge in [-0.2, -0.15) is 0 Å². The molecule has 94 valence electrons. The third kappa shape index (κ3) is 3.83. The summed E-state index contributed by atoms with van der Waals surface area (Å²) in [5.41, 5.74) is 1.42. The van der Waals surface area contributed by atoms with Crippen LogP contribution in [-0.4, -0.2) is 20.3 Å². The summed E-state index contributed by atoms with van der Waals surface area (Å²) in [7, 11) is -1.62. The van der Waals surface area contributed by atoms with Crippen LogP contribution < -0.4 is 0 Å². The Hall–Kier alpha value is -0.313. The van der Waals surface area contributed by atoms with Crippen LogP contribution in [0.25, 0.3) is 0 Å². The van der Waals surface area contributed by atoms with Gasteiger partial charge in [-0.3, -0.25) is 0 Å². The van der Waals surface area contributed by atoms with E-state index in [9.17, 15) is 0 Å². The van der Waals surface area contributed by atoms with Crippen molar-refractivity contribution in [1.82, 2.24) is 0 Å². The smallest absolute Gasteiger partial charge is 0.198 e. The molecule has 1 nitrogen and oxygen atoms in total. The zero-order valence-electron chi connectivity index (χ0n) is 10.5. The van der Waals surface area contributed by atoms with Crippen LogP contribution in [0.1, 0.15) is 25.3 Å². The van der Waals surface area contributed by atoms with E-state index >= 15 is 0 Å². The monoisotopic (exact) mass is 268 g/mol. The normalized spacial score (nSPS) is 26.7. The van der Waals surface area contributed by atoms with Gasteiger partial charge in [-0.1, -0.05) is 36.8 Å². The summed E-state index contributed by atoms with van der Waals surface area (Å²) >= 11 is 6.22. The highest BCUT2D eigenvalue weighted by molar-refractivity contribution is 6.74. The first-order chi connectivity index (χ1) is 8.20. The molecule has 1 heterocycles. The second-order valence-corrected chi connectivity index (χ2v) is 9.80. The van der Waals surface area contributed by atoms with E-state index in [0.717, 1.165) is 18.7 Å². The number of alkyl halides is 1. The van der Waals surface area contributed by atoms with Crippen molar-refractivity contribution in [3.8, 4) is 0 Å². The highest BCUT2D eigenvalue weighted by Gasteiger charge is 2.37. The number of hydrogen-bond acceptors (Lipinski definition) is 1. The van der Waals surface area contributed by atoms with Gasteiger partial charge in [0.2, 0.25) is 0 Å². The maximum absolute atomic E-state index is 6.23. The molecule has 1 aliphatic heterocycles. The molecule has 0 aromatic heterocycles. The SMILES string of the molecule is CC(Cl)C[Si]1(Cc2ccccc2)CCCCO1. The zero-order valence-corrected chi connectivity index (χ0v) is 12.2. The Labute approximate surface area is 110 Å². The summed E-state index contributed by atoms with van der Waals surface area (Å²) in [5, 5.41) is 0.239. The van der Waals surface area contributed by atoms with E-state index in [0.29, 0.717) is 0 Å². The summed E-state index contributed by atoms with van der Waals surface area (Å²) in [6.45, 7) is 3.04. The second-order valence-electron chi connectivity index (χ2n) is 5.14. The zero-order chi connectivity index (χ0) is 12.1. The highest BCUT2D eigenvalue weighted by atomic mass is 35.5. The van der Waals surface area contributed by atoms with Gasteiger partial charge in [-0.05, 0) is 37.0 Å². The summed E-state index contributed by atoms with van der Waals surface area (Å²) in [4.78, 5) is 0. The molecule has 0 aliphatic carbocycles. The largest absolute Gasteiger partial charge is 0.416 e. The van der Waals surface area contributed by atoms with Gasteiger partial charge in [-0.25, -0.2) is 0 Å². The first-order valence-corrected chi connectivity index (χ1v) is 9.49. The van der Waals surface area contributed by atoms with Gasteiger partial charge in [0.25, 0.3) is 0 Å². The molecule has 17 heavy (non-hydrogen) atoms. The predicted molar refractivity (Wildman–Crippen MR) is 76.0 cm³/mol. The van der Waals surface area contributed by atoms with Crippen molar-refractivity contribution in [3.05, 3.63) is 35.9 Å². The molecule has 0 bridgehead atoms. The molecule has 0 saturated carbocycles. The van der Waals surface area contributed by atoms with Crippen molar-refractivity contribution in [2.45, 2.75) is 43.3 Å². The maximum atomic E-state index is 6.23. The Morgan fingerprint density at radius 3 is 2.65 bits per heavy atom. The Bertz CT molecular complexity index is 333. The van der Waals surface area contributed by atoms with Crippen molar-refractivity contribution in [2.24, 2.45) is 0 Å². The predicted octanol–water partition coefficient (Wildman–Crippen LogP) is 4.15. The lowest BCUT2D eigenvalue weighted by atomic mass is 10.2. The first kappa shape index (κ1) is 13.1. The van der Waals surface area contributed by atoms with E-state index in [-0.39, 0.29) is 5.38 Å². The third-order valence-electron chi connectivity index (χ3n) is 3.46. The van der Waals surface area contributed by atoms with Gasteiger partial charge in [0.15, 0.2) is 8.32 Å². The summed E-state index contributed by atoms with van der Waals surface area (Å²) in [5.74, 6) is 0. The Kier molecular flexibility index (Phi) is 4.66. The summed E-state index contributed by atoms with van der Waals surface area (Å²) < 4.78 is 6.23. The number of benzene rings is 1. The van der Waals surface area contributed by atoms with Crippen LogP contribution in [0.3, 0.4) is 0 Å². The van der Waals surface area contributed by atoms with E-state index in [4.69, 9.17) is 16.0 Å². The van der Waals surface area contributed by atoms with Gasteiger partial charge < -0.3 is 4.43 Å². The lowest BCUT2D eigenvalue weighted by molar-refractivity contribution is 0.264. The minimum atomic E-state index is -1.62. The third-order valence-corrected chi connectivity index (χ3v) is 8.36. The molecule has 1 aromatic rings. The maximum Gasteiger partial charge on any atom is 0.198 e. The molecule has 1 aromatic carbocycles. The molecule has 1 saturated heterocycles. The molecular formula is C14H21ClOSi. The topological polar surface area (TPSA) is 9.23 Å². The van der Waals surface area contributed by atoms with Crippen LogP contribution in [0.4, 0.5) is 0 Å². The number of hydrogen-bond donors (Lipinski definition) is 0. The standard InChI is InChI=1S/C14H21ClOSi/c1-13(15)11-17(10-6-5-9-16-17)12-14-7-3-2-4-8-14/h2-4,7-8,13H,5-6,9-12H2,1H3. The minimum Gasteiger partial charge on any atom is -0.416 e. The van der Waals surface area contributed by atoms with Crippen molar-refractivity contribution in [2.75, 3.05) is 6.61 Å². The molecule has 0 N–H and O–H groups in total. The van der Waals surface area contributed by atoms with E-state index in [1.54, 1.807) is 0 Å². The number of rotatable bonds is 4. The fourth-order valence-corrected chi connectivity index (χ4v) is 7.97. The van der Waals surface area contributed by atoms with Crippen molar-refractivity contribution < 1.29 is 4.43 Å². The molecule has 1 aliphatic rings. The lowest BCUT2D eigenvalue weighted by Crippen LogP contribution is -2.45. The van der Waals surface area contributed by atoms with E-state index in [2.05, 4.69) is 37.3 Å². The van der Waals surface area contributed by atoms with Crippen LogP contribution in [0.5, 0.6) is 0 Å². The Morgan fingerprint density at radius 2 is 2.06 bits per heavy atom. The van der Waals surface area contributed by atoms with Gasteiger partial charge in [0, 0.05) is 12.0 Å². The average molecular weight is 269 g/mol. The van der Waals surface area contributed by atoms with Gasteiger partial charge >= 0.3 is 0 Å². The summed E-state index contributed by atoms with van der Waals surface area (Å²) in [6.07, 6.45) is 2.54. The van der Waals surface area contributed by atoms with Crippen LogP contribution in [-0.2, 0) is 10.5 Å². The molecule has 0 amide bonds. The Morgan fingerprint density at radius 1 is 1.29 bits per heavy atom. The van der Waals surface area contributed by atoms with Gasteiger partial charge in [0.05, 0.1) is 0 Å². The Balaban J connectivity index is 2.10. The van der Waals surface area contributed by atoms with Crippen LogP contribution in [0, 0.1) is 0 Å². The molecule has 2 rings (SSSR count). The molecule has 0 spiro atoms. The fraction of sp³-hybridized carbons (Fsp3) is 0.571. The molecule has 3 heteroatoms. The summed E-state index contributed by atoms with van der Waals surface area (Å²) in [6, 6.07) is 14.2.